The first-order valence-electron chi connectivity index (χ1n) is 8.34. The number of thiazole rings is 1. The third-order valence-corrected chi connectivity index (χ3v) is 6.34. The Morgan fingerprint density at radius 1 is 1.18 bits per heavy atom. The monoisotopic (exact) mass is 317 g/mol. The van der Waals surface area contributed by atoms with E-state index in [4.69, 9.17) is 10.1 Å². The predicted molar refractivity (Wildman–Crippen MR) is 87.7 cm³/mol. The molecule has 0 atom stereocenters. The highest BCUT2D eigenvalue weighted by atomic mass is 32.1. The Labute approximate surface area is 134 Å². The smallest absolute Gasteiger partial charge is 0.213 e. The lowest BCUT2D eigenvalue weighted by Crippen LogP contribution is -2.27. The molecule has 0 radical (unpaired) electrons. The fourth-order valence-corrected chi connectivity index (χ4v) is 4.92. The van der Waals surface area contributed by atoms with Crippen LogP contribution in [0.15, 0.2) is 0 Å². The summed E-state index contributed by atoms with van der Waals surface area (Å²) >= 11 is 1.53. The molecule has 5 heteroatoms. The van der Waals surface area contributed by atoms with Crippen molar-refractivity contribution in [1.29, 1.82) is 0 Å². The average molecular weight is 317 g/mol. The molecule has 0 N–H and O–H groups in total. The van der Waals surface area contributed by atoms with Crippen LogP contribution in [0, 0.1) is 11.3 Å². The summed E-state index contributed by atoms with van der Waals surface area (Å²) in [5, 5.41) is 4.80. The lowest BCUT2D eigenvalue weighted by atomic mass is 9.78. The number of ketones is 1. The van der Waals surface area contributed by atoms with Gasteiger partial charge in [-0.05, 0) is 30.6 Å². The van der Waals surface area contributed by atoms with Gasteiger partial charge in [-0.2, -0.15) is 5.10 Å². The SMILES string of the molecule is CC1CCC(c2nc3sc4c(n3n2)CC(C)(C)CC4=O)CC1. The van der Waals surface area contributed by atoms with Crippen LogP contribution in [-0.2, 0) is 6.42 Å². The maximum atomic E-state index is 12.3. The standard InChI is InChI=1S/C17H23N3OS/c1-10-4-6-11(7-5-10)15-18-16-20(19-15)12-8-17(2,3)9-13(21)14(12)22-16/h10-11H,4-9H2,1-3H3. The van der Waals surface area contributed by atoms with Gasteiger partial charge < -0.3 is 0 Å². The number of fused-ring (bicyclic) bond motifs is 3. The van der Waals surface area contributed by atoms with E-state index < -0.39 is 0 Å². The van der Waals surface area contributed by atoms with Crippen LogP contribution in [0.25, 0.3) is 4.96 Å². The van der Waals surface area contributed by atoms with Gasteiger partial charge in [0.15, 0.2) is 11.6 Å². The average Bonchev–Trinajstić information content (AvgIpc) is 2.98. The molecule has 4 rings (SSSR count). The van der Waals surface area contributed by atoms with Gasteiger partial charge in [-0.15, -0.1) is 0 Å². The van der Waals surface area contributed by atoms with Crippen LogP contribution in [0.3, 0.4) is 0 Å². The molecular formula is C17H23N3OS. The lowest BCUT2D eigenvalue weighted by Gasteiger charge is -2.27. The zero-order chi connectivity index (χ0) is 15.5. The van der Waals surface area contributed by atoms with Gasteiger partial charge >= 0.3 is 0 Å². The number of Topliss-reactive ketones (excluding diaryl/α,β-unsaturated/α-hetero) is 1. The Morgan fingerprint density at radius 2 is 1.91 bits per heavy atom. The highest BCUT2D eigenvalue weighted by molar-refractivity contribution is 7.19. The van der Waals surface area contributed by atoms with Crippen molar-refractivity contribution >= 4 is 22.1 Å². The maximum Gasteiger partial charge on any atom is 0.213 e. The topological polar surface area (TPSA) is 47.3 Å². The van der Waals surface area contributed by atoms with Crippen molar-refractivity contribution in [1.82, 2.24) is 14.6 Å². The number of hydrogen-bond acceptors (Lipinski definition) is 4. The molecule has 2 aromatic heterocycles. The van der Waals surface area contributed by atoms with Gasteiger partial charge in [0, 0.05) is 12.3 Å². The molecule has 2 aliphatic rings. The van der Waals surface area contributed by atoms with Crippen LogP contribution in [0.5, 0.6) is 0 Å². The lowest BCUT2D eigenvalue weighted by molar-refractivity contribution is 0.0915. The molecule has 2 aromatic rings. The Balaban J connectivity index is 1.71. The largest absolute Gasteiger partial charge is 0.293 e. The van der Waals surface area contributed by atoms with Crippen molar-refractivity contribution in [3.05, 3.63) is 16.4 Å². The van der Waals surface area contributed by atoms with E-state index in [1.54, 1.807) is 0 Å². The second-order valence-corrected chi connectivity index (χ2v) is 8.92. The van der Waals surface area contributed by atoms with Crippen molar-refractivity contribution in [2.75, 3.05) is 0 Å². The van der Waals surface area contributed by atoms with Crippen molar-refractivity contribution < 1.29 is 4.79 Å². The second-order valence-electron chi connectivity index (χ2n) is 7.94. The van der Waals surface area contributed by atoms with E-state index in [1.165, 1.54) is 37.0 Å². The van der Waals surface area contributed by atoms with Gasteiger partial charge in [-0.1, -0.05) is 44.9 Å². The van der Waals surface area contributed by atoms with Crippen LogP contribution in [0.2, 0.25) is 0 Å². The third kappa shape index (κ3) is 2.30. The van der Waals surface area contributed by atoms with E-state index in [-0.39, 0.29) is 11.2 Å². The zero-order valence-electron chi connectivity index (χ0n) is 13.6. The maximum absolute atomic E-state index is 12.3. The molecule has 0 amide bonds. The molecule has 0 unspecified atom stereocenters. The molecule has 0 aliphatic heterocycles. The minimum Gasteiger partial charge on any atom is -0.293 e. The molecular weight excluding hydrogens is 294 g/mol. The fraction of sp³-hybridized carbons (Fsp3) is 0.706. The van der Waals surface area contributed by atoms with Crippen LogP contribution in [-0.4, -0.2) is 20.4 Å². The van der Waals surface area contributed by atoms with Gasteiger partial charge in [-0.3, -0.25) is 4.79 Å². The first-order chi connectivity index (χ1) is 10.4. The summed E-state index contributed by atoms with van der Waals surface area (Å²) in [7, 11) is 0. The van der Waals surface area contributed by atoms with E-state index in [0.717, 1.165) is 33.7 Å². The molecule has 0 aromatic carbocycles. The summed E-state index contributed by atoms with van der Waals surface area (Å²) in [5.41, 5.74) is 1.12. The first-order valence-corrected chi connectivity index (χ1v) is 9.16. The first kappa shape index (κ1) is 14.4. The quantitative estimate of drug-likeness (QED) is 0.790. The van der Waals surface area contributed by atoms with Gasteiger partial charge in [0.05, 0.1) is 10.6 Å². The molecule has 0 spiro atoms. The molecule has 2 aliphatic carbocycles. The van der Waals surface area contributed by atoms with Gasteiger partial charge in [0.2, 0.25) is 4.96 Å². The molecule has 0 bridgehead atoms. The van der Waals surface area contributed by atoms with Gasteiger partial charge in [0.25, 0.3) is 0 Å². The van der Waals surface area contributed by atoms with Crippen LogP contribution in [0.4, 0.5) is 0 Å². The number of hydrogen-bond donors (Lipinski definition) is 0. The van der Waals surface area contributed by atoms with E-state index in [2.05, 4.69) is 20.8 Å². The summed E-state index contributed by atoms with van der Waals surface area (Å²) in [6.07, 6.45) is 6.51. The predicted octanol–water partition coefficient (Wildman–Crippen LogP) is 4.24. The molecule has 1 fully saturated rings. The number of rotatable bonds is 1. The minimum atomic E-state index is 0.0322. The fourth-order valence-electron chi connectivity index (χ4n) is 3.90. The highest BCUT2D eigenvalue weighted by Crippen LogP contribution is 2.39. The molecule has 0 saturated heterocycles. The van der Waals surface area contributed by atoms with E-state index in [1.807, 2.05) is 4.52 Å². The summed E-state index contributed by atoms with van der Waals surface area (Å²) in [6, 6.07) is 0. The molecule has 22 heavy (non-hydrogen) atoms. The third-order valence-electron chi connectivity index (χ3n) is 5.22. The Kier molecular flexibility index (Phi) is 3.19. The number of carbonyl (C=O) groups is 1. The van der Waals surface area contributed by atoms with E-state index >= 15 is 0 Å². The highest BCUT2D eigenvalue weighted by Gasteiger charge is 2.35. The summed E-state index contributed by atoms with van der Waals surface area (Å²) < 4.78 is 1.96. The Morgan fingerprint density at radius 3 is 2.64 bits per heavy atom. The van der Waals surface area contributed by atoms with E-state index in [9.17, 15) is 4.79 Å². The summed E-state index contributed by atoms with van der Waals surface area (Å²) in [5.74, 6) is 2.60. The Bertz CT molecular complexity index is 734. The van der Waals surface area contributed by atoms with Crippen LogP contribution < -0.4 is 0 Å². The molecule has 118 valence electrons. The van der Waals surface area contributed by atoms with Gasteiger partial charge in [0.1, 0.15) is 0 Å². The second kappa shape index (κ2) is 4.88. The minimum absolute atomic E-state index is 0.0322. The van der Waals surface area contributed by atoms with Gasteiger partial charge in [-0.25, -0.2) is 9.50 Å². The van der Waals surface area contributed by atoms with Crippen LogP contribution >= 0.6 is 11.3 Å². The van der Waals surface area contributed by atoms with E-state index in [0.29, 0.717) is 12.3 Å². The van der Waals surface area contributed by atoms with Crippen molar-refractivity contribution in [3.8, 4) is 0 Å². The normalized spacial score (nSPS) is 28.0. The van der Waals surface area contributed by atoms with Crippen molar-refractivity contribution in [3.63, 3.8) is 0 Å². The van der Waals surface area contributed by atoms with Crippen molar-refractivity contribution in [2.24, 2.45) is 11.3 Å². The Hall–Kier alpha value is -1.23. The molecule has 1 saturated carbocycles. The summed E-state index contributed by atoms with van der Waals surface area (Å²) in [4.78, 5) is 18.9. The summed E-state index contributed by atoms with van der Waals surface area (Å²) in [6.45, 7) is 6.66. The number of aromatic nitrogens is 3. The number of carbonyl (C=O) groups excluding carboxylic acids is 1. The van der Waals surface area contributed by atoms with Crippen molar-refractivity contribution in [2.45, 2.75) is 65.2 Å². The molecule has 4 nitrogen and oxygen atoms in total. The molecule has 2 heterocycles. The zero-order valence-corrected chi connectivity index (χ0v) is 14.4. The number of nitrogens with zero attached hydrogens (tertiary/aromatic N) is 3. The van der Waals surface area contributed by atoms with Crippen LogP contribution in [0.1, 0.15) is 80.0 Å².